The SMILES string of the molecule is C[C@H]1C[C@@](C)(c2sc(C(F)(F)F)c(CO)c2CCO)CCN1Cc1cnn(/N=C2\CC(C)(C)C(=O)O2)c1. The molecule has 0 aliphatic carbocycles. The zero-order valence-electron chi connectivity index (χ0n) is 21.4. The maximum atomic E-state index is 13.7. The van der Waals surface area contributed by atoms with E-state index in [4.69, 9.17) is 4.74 Å². The molecule has 2 atom stereocenters. The van der Waals surface area contributed by atoms with Gasteiger partial charge in [0.1, 0.15) is 4.88 Å². The summed E-state index contributed by atoms with van der Waals surface area (Å²) in [7, 11) is 0. The van der Waals surface area contributed by atoms with Crippen molar-refractivity contribution in [1.29, 1.82) is 0 Å². The highest BCUT2D eigenvalue weighted by atomic mass is 32.1. The number of hydrogen-bond acceptors (Lipinski definition) is 8. The van der Waals surface area contributed by atoms with Crippen LogP contribution >= 0.6 is 11.3 Å². The standard InChI is InChI=1S/C25H33F3N4O4S/c1-15-9-24(4,20-17(5-8-33)18(14-34)21(37-20)25(26,27)28)6-7-31(15)12-16-11-29-32(13-16)30-19-10-23(2,3)22(35)36-19/h11,13,15,33-34H,5-10,12,14H2,1-4H3/b30-19+/t15-,24-/m0/s1. The van der Waals surface area contributed by atoms with Gasteiger partial charge in [-0.25, -0.2) is 0 Å². The van der Waals surface area contributed by atoms with Crippen LogP contribution < -0.4 is 0 Å². The Morgan fingerprint density at radius 3 is 2.57 bits per heavy atom. The first-order chi connectivity index (χ1) is 17.3. The second kappa shape index (κ2) is 10.1. The van der Waals surface area contributed by atoms with Gasteiger partial charge >= 0.3 is 12.1 Å². The minimum atomic E-state index is -4.55. The number of thiophene rings is 1. The lowest BCUT2D eigenvalue weighted by Crippen LogP contribution is -2.46. The van der Waals surface area contributed by atoms with E-state index in [1.807, 2.05) is 6.92 Å². The fourth-order valence-electron chi connectivity index (χ4n) is 5.31. The second-order valence-electron chi connectivity index (χ2n) is 10.9. The Kier molecular flexibility index (Phi) is 7.59. The van der Waals surface area contributed by atoms with Crippen molar-refractivity contribution in [2.45, 2.75) is 84.2 Å². The van der Waals surface area contributed by atoms with Crippen LogP contribution in [0, 0.1) is 5.41 Å². The van der Waals surface area contributed by atoms with Crippen LogP contribution in [0.5, 0.6) is 0 Å². The van der Waals surface area contributed by atoms with Crippen LogP contribution in [-0.2, 0) is 40.7 Å². The first kappa shape index (κ1) is 27.7. The lowest BCUT2D eigenvalue weighted by Gasteiger charge is -2.44. The Hall–Kier alpha value is -2.28. The second-order valence-corrected chi connectivity index (χ2v) is 11.9. The Bertz CT molecular complexity index is 1190. The zero-order valence-corrected chi connectivity index (χ0v) is 22.2. The first-order valence-corrected chi connectivity index (χ1v) is 13.1. The lowest BCUT2D eigenvalue weighted by molar-refractivity contribution is -0.141. The van der Waals surface area contributed by atoms with Crippen LogP contribution in [0.4, 0.5) is 13.2 Å². The molecule has 4 heterocycles. The molecule has 2 saturated heterocycles. The van der Waals surface area contributed by atoms with E-state index in [-0.39, 0.29) is 30.6 Å². The van der Waals surface area contributed by atoms with Gasteiger partial charge in [-0.1, -0.05) is 6.92 Å². The van der Waals surface area contributed by atoms with E-state index in [0.717, 1.165) is 5.56 Å². The van der Waals surface area contributed by atoms with Gasteiger partial charge in [0.15, 0.2) is 0 Å². The van der Waals surface area contributed by atoms with Gasteiger partial charge in [-0.15, -0.1) is 16.4 Å². The van der Waals surface area contributed by atoms with Crippen LogP contribution in [0.3, 0.4) is 0 Å². The number of likely N-dealkylation sites (tertiary alicyclic amines) is 1. The number of aliphatic hydroxyl groups excluding tert-OH is 2. The normalized spacial score (nSPS) is 25.7. The van der Waals surface area contributed by atoms with E-state index in [9.17, 15) is 28.2 Å². The molecule has 0 radical (unpaired) electrons. The summed E-state index contributed by atoms with van der Waals surface area (Å²) >= 11 is 0.710. The molecule has 0 amide bonds. The fourth-order valence-corrected chi connectivity index (χ4v) is 6.73. The number of halogens is 3. The minimum absolute atomic E-state index is 0.0704. The number of hydrogen-bond donors (Lipinski definition) is 2. The summed E-state index contributed by atoms with van der Waals surface area (Å²) in [6.45, 7) is 7.91. The molecule has 0 aromatic carbocycles. The van der Waals surface area contributed by atoms with Gasteiger partial charge in [0.2, 0.25) is 5.90 Å². The Labute approximate surface area is 217 Å². The highest BCUT2D eigenvalue weighted by Gasteiger charge is 2.44. The molecular weight excluding hydrogens is 509 g/mol. The smallest absolute Gasteiger partial charge is 0.409 e. The average Bonchev–Trinajstić information content (AvgIpc) is 3.46. The van der Waals surface area contributed by atoms with Gasteiger partial charge in [-0.05, 0) is 52.1 Å². The van der Waals surface area contributed by atoms with Crippen LogP contribution in [0.1, 0.15) is 73.4 Å². The Balaban J connectivity index is 1.49. The quantitative estimate of drug-likeness (QED) is 0.512. The zero-order chi connectivity index (χ0) is 27.2. The third-order valence-corrected chi connectivity index (χ3v) is 8.97. The number of cyclic esters (lactones) is 1. The molecule has 8 nitrogen and oxygen atoms in total. The maximum absolute atomic E-state index is 13.7. The molecule has 2 aliphatic heterocycles. The van der Waals surface area contributed by atoms with Gasteiger partial charge in [0, 0.05) is 47.0 Å². The topological polar surface area (TPSA) is 100 Å². The Morgan fingerprint density at radius 2 is 2.00 bits per heavy atom. The number of alkyl halides is 3. The maximum Gasteiger partial charge on any atom is 0.425 e. The third kappa shape index (κ3) is 5.62. The summed E-state index contributed by atoms with van der Waals surface area (Å²) in [6.07, 6.45) is 0.680. The molecule has 204 valence electrons. The van der Waals surface area contributed by atoms with E-state index in [1.165, 1.54) is 4.79 Å². The minimum Gasteiger partial charge on any atom is -0.409 e. The molecule has 2 aliphatic rings. The summed E-state index contributed by atoms with van der Waals surface area (Å²) in [5, 5.41) is 27.8. The van der Waals surface area contributed by atoms with Gasteiger partial charge in [0.25, 0.3) is 0 Å². The van der Waals surface area contributed by atoms with Crippen molar-refractivity contribution < 1.29 is 32.9 Å². The molecule has 0 saturated carbocycles. The summed E-state index contributed by atoms with van der Waals surface area (Å²) in [5.74, 6) is 0.00651. The molecule has 2 aromatic heterocycles. The van der Waals surface area contributed by atoms with Crippen molar-refractivity contribution in [3.05, 3.63) is 38.8 Å². The van der Waals surface area contributed by atoms with Gasteiger partial charge in [-0.3, -0.25) is 9.69 Å². The van der Waals surface area contributed by atoms with E-state index >= 15 is 0 Å². The van der Waals surface area contributed by atoms with Crippen LogP contribution in [0.15, 0.2) is 17.5 Å². The number of aliphatic hydroxyl groups is 2. The summed E-state index contributed by atoms with van der Waals surface area (Å²) in [4.78, 5) is 15.4. The van der Waals surface area contributed by atoms with Crippen molar-refractivity contribution in [3.63, 3.8) is 0 Å². The number of carbonyl (C=O) groups is 1. The third-order valence-electron chi connectivity index (χ3n) is 7.34. The average molecular weight is 543 g/mol. The molecule has 2 fully saturated rings. The number of rotatable bonds is 7. The highest BCUT2D eigenvalue weighted by Crippen LogP contribution is 2.49. The van der Waals surface area contributed by atoms with Gasteiger partial charge in [0.05, 0.1) is 24.4 Å². The largest absolute Gasteiger partial charge is 0.425 e. The number of ether oxygens (including phenoxy) is 1. The van der Waals surface area contributed by atoms with E-state index in [1.54, 1.807) is 26.2 Å². The molecular formula is C25H33F3N4O4S. The van der Waals surface area contributed by atoms with Gasteiger partial charge in [-0.2, -0.15) is 23.1 Å². The van der Waals surface area contributed by atoms with E-state index in [2.05, 4.69) is 22.0 Å². The Morgan fingerprint density at radius 1 is 1.27 bits per heavy atom. The first-order valence-electron chi connectivity index (χ1n) is 12.3. The van der Waals surface area contributed by atoms with Crippen LogP contribution in [-0.4, -0.2) is 56.1 Å². The molecule has 12 heteroatoms. The number of carbonyl (C=O) groups excluding carboxylic acids is 1. The summed E-state index contributed by atoms with van der Waals surface area (Å²) in [5.41, 5.74) is 0.129. The molecule has 2 N–H and O–H groups in total. The number of nitrogens with zero attached hydrogens (tertiary/aromatic N) is 4. The van der Waals surface area contributed by atoms with Crippen LogP contribution in [0.2, 0.25) is 0 Å². The molecule has 0 bridgehead atoms. The predicted molar refractivity (Wildman–Crippen MR) is 132 cm³/mol. The fraction of sp³-hybridized carbons (Fsp3) is 0.640. The molecule has 0 unspecified atom stereocenters. The van der Waals surface area contributed by atoms with Crippen molar-refractivity contribution in [3.8, 4) is 0 Å². The van der Waals surface area contributed by atoms with Crippen molar-refractivity contribution in [2.75, 3.05) is 13.2 Å². The van der Waals surface area contributed by atoms with E-state index < -0.39 is 28.5 Å². The molecule has 2 aromatic rings. The number of piperidine rings is 1. The van der Waals surface area contributed by atoms with E-state index in [0.29, 0.717) is 60.0 Å². The van der Waals surface area contributed by atoms with Crippen molar-refractivity contribution in [1.82, 2.24) is 14.8 Å². The van der Waals surface area contributed by atoms with Crippen LogP contribution in [0.25, 0.3) is 0 Å². The molecule has 4 rings (SSSR count). The molecule has 0 spiro atoms. The monoisotopic (exact) mass is 542 g/mol. The van der Waals surface area contributed by atoms with Crippen molar-refractivity contribution >= 4 is 23.2 Å². The summed E-state index contributed by atoms with van der Waals surface area (Å²) in [6, 6.07) is 0.0704. The highest BCUT2D eigenvalue weighted by molar-refractivity contribution is 7.12. The predicted octanol–water partition coefficient (Wildman–Crippen LogP) is 4.07. The lowest BCUT2D eigenvalue weighted by atomic mass is 9.74. The van der Waals surface area contributed by atoms with Crippen molar-refractivity contribution in [2.24, 2.45) is 10.5 Å². The molecule has 37 heavy (non-hydrogen) atoms. The summed E-state index contributed by atoms with van der Waals surface area (Å²) < 4.78 is 46.4. The van der Waals surface area contributed by atoms with Gasteiger partial charge < -0.3 is 14.9 Å². The number of aromatic nitrogens is 2. The number of esters is 1.